The van der Waals surface area contributed by atoms with Crippen molar-refractivity contribution in [3.63, 3.8) is 0 Å². The normalized spacial score (nSPS) is 11.0. The molecule has 0 bridgehead atoms. The topological polar surface area (TPSA) is 36.4 Å². The molecule has 0 saturated heterocycles. The third-order valence-corrected chi connectivity index (χ3v) is 7.53. The Morgan fingerprint density at radius 2 is 1.68 bits per heavy atom. The number of carbonyl (C=O) groups excluding carboxylic acids is 1. The van der Waals surface area contributed by atoms with Crippen LogP contribution in [-0.2, 0) is 0 Å². The summed E-state index contributed by atoms with van der Waals surface area (Å²) < 4.78 is 1.17. The van der Waals surface area contributed by atoms with Crippen LogP contribution in [0, 0.1) is 13.8 Å². The molecule has 4 nitrogen and oxygen atoms in total. The van der Waals surface area contributed by atoms with Crippen LogP contribution in [0.2, 0.25) is 0 Å². The van der Waals surface area contributed by atoms with E-state index in [1.807, 2.05) is 29.2 Å². The van der Waals surface area contributed by atoms with Crippen LogP contribution < -0.4 is 4.90 Å². The minimum atomic E-state index is 0. The van der Waals surface area contributed by atoms with Crippen molar-refractivity contribution >= 4 is 56.8 Å². The van der Waals surface area contributed by atoms with Crippen molar-refractivity contribution in [1.29, 1.82) is 0 Å². The van der Waals surface area contributed by atoms with Crippen molar-refractivity contribution in [2.24, 2.45) is 0 Å². The second-order valence-corrected chi connectivity index (χ2v) is 9.57. The standard InChI is InChI=1S/C24H31N3OS2.ClH/c1-6-26(7-2)15-16-27(23(28)19-11-9-10-12-20(19)29-8-3)24-25-21-17(4)13-14-18(5)22(21)30-24;/h9-14H,6-8,15-16H2,1-5H3;1H. The van der Waals surface area contributed by atoms with Gasteiger partial charge in [0.15, 0.2) is 5.13 Å². The van der Waals surface area contributed by atoms with E-state index in [4.69, 9.17) is 4.98 Å². The predicted octanol–water partition coefficient (Wildman–Crippen LogP) is 6.44. The highest BCUT2D eigenvalue weighted by molar-refractivity contribution is 7.99. The second-order valence-electron chi connectivity index (χ2n) is 7.29. The Balaban J connectivity index is 0.00000341. The first-order valence-electron chi connectivity index (χ1n) is 10.6. The van der Waals surface area contributed by atoms with E-state index in [9.17, 15) is 4.79 Å². The number of hydrogen-bond donors (Lipinski definition) is 0. The van der Waals surface area contributed by atoms with Crippen LogP contribution in [0.5, 0.6) is 0 Å². The summed E-state index contributed by atoms with van der Waals surface area (Å²) in [5, 5.41) is 0.788. The van der Waals surface area contributed by atoms with Crippen LogP contribution >= 0.6 is 35.5 Å². The molecule has 0 saturated carbocycles. The van der Waals surface area contributed by atoms with Crippen LogP contribution in [0.25, 0.3) is 10.2 Å². The summed E-state index contributed by atoms with van der Waals surface area (Å²) in [4.78, 5) is 23.9. The van der Waals surface area contributed by atoms with Crippen LogP contribution in [0.4, 0.5) is 5.13 Å². The fourth-order valence-electron chi connectivity index (χ4n) is 3.50. The maximum atomic E-state index is 13.7. The zero-order valence-electron chi connectivity index (χ0n) is 19.0. The molecule has 0 radical (unpaired) electrons. The van der Waals surface area contributed by atoms with Gasteiger partial charge in [0.2, 0.25) is 0 Å². The summed E-state index contributed by atoms with van der Waals surface area (Å²) in [6.45, 7) is 14.0. The van der Waals surface area contributed by atoms with E-state index in [0.29, 0.717) is 6.54 Å². The highest BCUT2D eigenvalue weighted by Gasteiger charge is 2.24. The van der Waals surface area contributed by atoms with Gasteiger partial charge in [-0.25, -0.2) is 4.98 Å². The lowest BCUT2D eigenvalue weighted by molar-refractivity contribution is 0.0981. The lowest BCUT2D eigenvalue weighted by Gasteiger charge is -2.25. The van der Waals surface area contributed by atoms with Crippen molar-refractivity contribution < 1.29 is 4.79 Å². The Morgan fingerprint density at radius 1 is 1.00 bits per heavy atom. The van der Waals surface area contributed by atoms with Gasteiger partial charge in [-0.3, -0.25) is 9.69 Å². The molecule has 0 unspecified atom stereocenters. The van der Waals surface area contributed by atoms with Gasteiger partial charge in [0, 0.05) is 18.0 Å². The fourth-order valence-corrected chi connectivity index (χ4v) is 5.43. The molecule has 3 rings (SSSR count). The number of thiazole rings is 1. The van der Waals surface area contributed by atoms with Gasteiger partial charge in [-0.05, 0) is 55.9 Å². The van der Waals surface area contributed by atoms with Gasteiger partial charge in [-0.2, -0.15) is 0 Å². The molecule has 168 valence electrons. The summed E-state index contributed by atoms with van der Waals surface area (Å²) in [7, 11) is 0. The first-order valence-corrected chi connectivity index (χ1v) is 12.4. The van der Waals surface area contributed by atoms with Crippen molar-refractivity contribution in [3.8, 4) is 0 Å². The molecule has 1 heterocycles. The van der Waals surface area contributed by atoms with Crippen LogP contribution in [0.1, 0.15) is 42.3 Å². The van der Waals surface area contributed by atoms with E-state index in [-0.39, 0.29) is 18.3 Å². The maximum Gasteiger partial charge on any atom is 0.261 e. The molecule has 1 amide bonds. The number of rotatable bonds is 9. The number of halogens is 1. The second kappa shape index (κ2) is 11.9. The molecule has 0 spiro atoms. The van der Waals surface area contributed by atoms with Gasteiger partial charge in [0.05, 0.1) is 15.8 Å². The van der Waals surface area contributed by atoms with E-state index in [2.05, 4.69) is 51.7 Å². The summed E-state index contributed by atoms with van der Waals surface area (Å²) >= 11 is 3.34. The van der Waals surface area contributed by atoms with E-state index < -0.39 is 0 Å². The maximum absolute atomic E-state index is 13.7. The van der Waals surface area contributed by atoms with Gasteiger partial charge >= 0.3 is 0 Å². The van der Waals surface area contributed by atoms with E-state index in [1.165, 1.54) is 10.3 Å². The highest BCUT2D eigenvalue weighted by atomic mass is 35.5. The third kappa shape index (κ3) is 5.80. The molecule has 0 atom stereocenters. The number of aryl methyl sites for hydroxylation is 2. The molecular weight excluding hydrogens is 446 g/mol. The molecular formula is C24H32ClN3OS2. The number of thioether (sulfide) groups is 1. The molecule has 0 fully saturated rings. The van der Waals surface area contributed by atoms with Crippen LogP contribution in [0.3, 0.4) is 0 Å². The molecule has 1 aromatic heterocycles. The highest BCUT2D eigenvalue weighted by Crippen LogP contribution is 2.34. The van der Waals surface area contributed by atoms with E-state index in [1.54, 1.807) is 23.1 Å². The van der Waals surface area contributed by atoms with Gasteiger partial charge < -0.3 is 4.90 Å². The Hall–Kier alpha value is -1.60. The molecule has 2 aromatic carbocycles. The Bertz CT molecular complexity index is 978. The number of benzene rings is 2. The molecule has 3 aromatic rings. The minimum Gasteiger partial charge on any atom is -0.302 e. The molecule has 0 aliphatic rings. The van der Waals surface area contributed by atoms with Crippen LogP contribution in [-0.4, -0.2) is 47.7 Å². The molecule has 7 heteroatoms. The summed E-state index contributed by atoms with van der Waals surface area (Å²) in [6, 6.07) is 12.2. The quantitative estimate of drug-likeness (QED) is 0.332. The van der Waals surface area contributed by atoms with E-state index in [0.717, 1.165) is 52.1 Å². The first kappa shape index (κ1) is 25.7. The SMILES string of the molecule is CCSc1ccccc1C(=O)N(CCN(CC)CC)c1nc2c(C)ccc(C)c2s1.Cl. The Morgan fingerprint density at radius 3 is 2.32 bits per heavy atom. The van der Waals surface area contributed by atoms with Crippen LogP contribution in [0.15, 0.2) is 41.3 Å². The van der Waals surface area contributed by atoms with Gasteiger partial charge in [-0.1, -0.05) is 56.4 Å². The zero-order chi connectivity index (χ0) is 21.7. The fraction of sp³-hybridized carbons (Fsp3) is 0.417. The van der Waals surface area contributed by atoms with Crippen molar-refractivity contribution in [1.82, 2.24) is 9.88 Å². The number of likely N-dealkylation sites (N-methyl/N-ethyl adjacent to an activating group) is 1. The largest absolute Gasteiger partial charge is 0.302 e. The lowest BCUT2D eigenvalue weighted by atomic mass is 10.1. The molecule has 0 N–H and O–H groups in total. The first-order chi connectivity index (χ1) is 14.5. The Labute approximate surface area is 200 Å². The molecule has 0 aliphatic carbocycles. The minimum absolute atomic E-state index is 0. The summed E-state index contributed by atoms with van der Waals surface area (Å²) in [6.07, 6.45) is 0. The number of hydrogen-bond acceptors (Lipinski definition) is 5. The van der Waals surface area contributed by atoms with Crippen molar-refractivity contribution in [2.75, 3.05) is 36.8 Å². The number of amides is 1. The third-order valence-electron chi connectivity index (χ3n) is 5.36. The van der Waals surface area contributed by atoms with Crippen molar-refractivity contribution in [2.45, 2.75) is 39.5 Å². The van der Waals surface area contributed by atoms with Crippen molar-refractivity contribution in [3.05, 3.63) is 53.1 Å². The molecule has 0 aliphatic heterocycles. The van der Waals surface area contributed by atoms with Gasteiger partial charge in [0.1, 0.15) is 0 Å². The number of carbonyl (C=O) groups is 1. The monoisotopic (exact) mass is 477 g/mol. The smallest absolute Gasteiger partial charge is 0.261 e. The number of anilines is 1. The Kier molecular flexibility index (Phi) is 9.82. The predicted molar refractivity (Wildman–Crippen MR) is 139 cm³/mol. The number of nitrogens with zero attached hydrogens (tertiary/aromatic N) is 3. The molecule has 31 heavy (non-hydrogen) atoms. The van der Waals surface area contributed by atoms with E-state index >= 15 is 0 Å². The zero-order valence-corrected chi connectivity index (χ0v) is 21.4. The number of aromatic nitrogens is 1. The lowest BCUT2D eigenvalue weighted by Crippen LogP contribution is -2.39. The summed E-state index contributed by atoms with van der Waals surface area (Å²) in [5.41, 5.74) is 4.12. The summed E-state index contributed by atoms with van der Waals surface area (Å²) in [5.74, 6) is 0.969. The van der Waals surface area contributed by atoms with Gasteiger partial charge in [-0.15, -0.1) is 24.2 Å². The van der Waals surface area contributed by atoms with Gasteiger partial charge in [0.25, 0.3) is 5.91 Å². The average molecular weight is 478 g/mol. The number of fused-ring (bicyclic) bond motifs is 1. The average Bonchev–Trinajstić information content (AvgIpc) is 3.21.